The fraction of sp³-hybridized carbons (Fsp3) is 0.429. The SMILES string of the molecule is CC1(C)O[C@@H]2[C@H](O1)[C@@H](CO[Si](c1ccccc1)(c1ccccc1)C(C)(C)C)S[C@H]2n1cc(C#CC2CC2)c2c(N)ncnc21. The average molecular weight is 625 g/mol. The van der Waals surface area contributed by atoms with Crippen LogP contribution >= 0.6 is 11.8 Å². The van der Waals surface area contributed by atoms with Crippen molar-refractivity contribution in [2.75, 3.05) is 12.3 Å². The monoisotopic (exact) mass is 624 g/mol. The summed E-state index contributed by atoms with van der Waals surface area (Å²) >= 11 is 1.83. The number of ether oxygens (including phenoxy) is 2. The molecule has 2 N–H and O–H groups in total. The molecule has 0 amide bonds. The number of nitrogen functional groups attached to an aromatic ring is 1. The molecule has 3 aliphatic rings. The fourth-order valence-electron chi connectivity index (χ4n) is 6.79. The van der Waals surface area contributed by atoms with Crippen LogP contribution in [-0.2, 0) is 13.9 Å². The first-order chi connectivity index (χ1) is 21.1. The first kappa shape index (κ1) is 29.6. The molecule has 2 aliphatic heterocycles. The summed E-state index contributed by atoms with van der Waals surface area (Å²) in [6.07, 6.45) is 5.58. The van der Waals surface area contributed by atoms with E-state index in [9.17, 15) is 0 Å². The Morgan fingerprint density at radius 3 is 2.25 bits per heavy atom. The van der Waals surface area contributed by atoms with Crippen molar-refractivity contribution in [3.8, 4) is 11.8 Å². The van der Waals surface area contributed by atoms with Gasteiger partial charge in [-0.05, 0) is 42.1 Å². The summed E-state index contributed by atoms with van der Waals surface area (Å²) in [6, 6.07) is 21.6. The van der Waals surface area contributed by atoms with E-state index < -0.39 is 14.1 Å². The Morgan fingerprint density at radius 1 is 1.00 bits per heavy atom. The Bertz CT molecular complexity index is 1680. The number of anilines is 1. The zero-order chi connectivity index (χ0) is 30.7. The summed E-state index contributed by atoms with van der Waals surface area (Å²) in [5.41, 5.74) is 8.05. The third-order valence-corrected chi connectivity index (χ3v) is 15.4. The van der Waals surface area contributed by atoms with Crippen molar-refractivity contribution in [2.45, 2.75) is 81.1 Å². The minimum Gasteiger partial charge on any atom is -0.406 e. The van der Waals surface area contributed by atoms with Crippen LogP contribution in [0.2, 0.25) is 5.04 Å². The molecule has 1 saturated carbocycles. The van der Waals surface area contributed by atoms with E-state index in [2.05, 4.69) is 109 Å². The Kier molecular flexibility index (Phi) is 7.42. The van der Waals surface area contributed by atoms with Crippen LogP contribution in [0.4, 0.5) is 5.82 Å². The van der Waals surface area contributed by atoms with Gasteiger partial charge in [-0.2, -0.15) is 0 Å². The van der Waals surface area contributed by atoms with Crippen LogP contribution in [0.1, 0.15) is 58.4 Å². The highest BCUT2D eigenvalue weighted by Crippen LogP contribution is 2.52. The molecule has 4 heterocycles. The topological polar surface area (TPSA) is 84.4 Å². The van der Waals surface area contributed by atoms with Gasteiger partial charge in [0.15, 0.2) is 5.79 Å². The summed E-state index contributed by atoms with van der Waals surface area (Å²) in [7, 11) is -2.73. The maximum Gasteiger partial charge on any atom is 0.261 e. The molecule has 0 bridgehead atoms. The number of benzene rings is 2. The van der Waals surface area contributed by atoms with Crippen molar-refractivity contribution in [1.82, 2.24) is 14.5 Å². The van der Waals surface area contributed by atoms with Gasteiger partial charge in [0.05, 0.1) is 16.2 Å². The highest BCUT2D eigenvalue weighted by atomic mass is 32.2. The molecular formula is C35H40N4O3SSi. The quantitative estimate of drug-likeness (QED) is 0.225. The molecule has 0 unspecified atom stereocenters. The van der Waals surface area contributed by atoms with E-state index in [1.165, 1.54) is 16.7 Å². The third kappa shape index (κ3) is 5.17. The molecule has 9 heteroatoms. The van der Waals surface area contributed by atoms with Crippen LogP contribution in [0.25, 0.3) is 11.0 Å². The lowest BCUT2D eigenvalue weighted by Crippen LogP contribution is -2.67. The van der Waals surface area contributed by atoms with Crippen LogP contribution in [0.5, 0.6) is 0 Å². The zero-order valence-corrected chi connectivity index (χ0v) is 27.8. The molecule has 0 radical (unpaired) electrons. The number of nitrogens with two attached hydrogens (primary N) is 1. The first-order valence-electron chi connectivity index (χ1n) is 15.5. The van der Waals surface area contributed by atoms with Gasteiger partial charge in [-0.15, -0.1) is 11.8 Å². The molecule has 7 nitrogen and oxygen atoms in total. The van der Waals surface area contributed by atoms with Crippen molar-refractivity contribution in [3.63, 3.8) is 0 Å². The number of nitrogens with zero attached hydrogens (tertiary/aromatic N) is 3. The molecule has 0 spiro atoms. The Hall–Kier alpha value is -3.13. The van der Waals surface area contributed by atoms with Gasteiger partial charge in [0, 0.05) is 18.7 Å². The Labute approximate surface area is 265 Å². The van der Waals surface area contributed by atoms with Crippen molar-refractivity contribution in [3.05, 3.63) is 78.8 Å². The third-order valence-electron chi connectivity index (χ3n) is 8.91. The molecular weight excluding hydrogens is 585 g/mol. The van der Waals surface area contributed by atoms with Crippen molar-refractivity contribution in [1.29, 1.82) is 0 Å². The van der Waals surface area contributed by atoms with Crippen LogP contribution in [0, 0.1) is 17.8 Å². The number of rotatable bonds is 6. The minimum atomic E-state index is -2.73. The standard InChI is InChI=1S/C35H40N4O3SSi/c1-34(2,3)44(25-12-8-6-9-13-25,26-14-10-7-11-15-26)40-21-27-29-30(42-35(4,5)41-29)33(43-27)39-20-24(19-18-23-16-17-23)28-31(36)37-22-38-32(28)39/h6-15,20,22-23,27,29-30,33H,16-17,21H2,1-5H3,(H2,36,37,38)/t27-,29-,30-,33-/m1/s1. The second-order valence-electron chi connectivity index (χ2n) is 13.6. The predicted octanol–water partition coefficient (Wildman–Crippen LogP) is 5.49. The number of hydrogen-bond acceptors (Lipinski definition) is 7. The van der Waals surface area contributed by atoms with Gasteiger partial charge in [0.25, 0.3) is 8.32 Å². The van der Waals surface area contributed by atoms with Crippen molar-refractivity contribution in [2.24, 2.45) is 5.92 Å². The maximum absolute atomic E-state index is 7.40. The smallest absolute Gasteiger partial charge is 0.261 e. The van der Waals surface area contributed by atoms with Gasteiger partial charge >= 0.3 is 0 Å². The lowest BCUT2D eigenvalue weighted by Gasteiger charge is -2.43. The highest BCUT2D eigenvalue weighted by molar-refractivity contribution is 8.00. The number of thioether (sulfide) groups is 1. The number of aromatic nitrogens is 3. The van der Waals surface area contributed by atoms with Crippen LogP contribution in [0.3, 0.4) is 0 Å². The largest absolute Gasteiger partial charge is 0.406 e. The first-order valence-corrected chi connectivity index (χ1v) is 18.3. The fourth-order valence-corrected chi connectivity index (χ4v) is 13.0. The normalized spacial score (nSPS) is 24.7. The summed E-state index contributed by atoms with van der Waals surface area (Å²) in [4.78, 5) is 8.99. The zero-order valence-electron chi connectivity index (χ0n) is 26.0. The summed E-state index contributed by atoms with van der Waals surface area (Å²) < 4.78 is 22.8. The van der Waals surface area contributed by atoms with E-state index in [1.807, 2.05) is 25.6 Å². The maximum atomic E-state index is 7.40. The molecule has 3 fully saturated rings. The van der Waals surface area contributed by atoms with Gasteiger partial charge in [-0.1, -0.05) is 93.3 Å². The lowest BCUT2D eigenvalue weighted by molar-refractivity contribution is -0.149. The molecule has 228 valence electrons. The summed E-state index contributed by atoms with van der Waals surface area (Å²) in [5.74, 6) is 6.99. The summed E-state index contributed by atoms with van der Waals surface area (Å²) in [5, 5.41) is 3.16. The Morgan fingerprint density at radius 2 is 1.64 bits per heavy atom. The average Bonchev–Trinajstić information content (AvgIpc) is 3.56. The highest BCUT2D eigenvalue weighted by Gasteiger charge is 2.57. The van der Waals surface area contributed by atoms with Crippen molar-refractivity contribution >= 4 is 47.3 Å². The molecule has 44 heavy (non-hydrogen) atoms. The summed E-state index contributed by atoms with van der Waals surface area (Å²) in [6.45, 7) is 11.4. The van der Waals surface area contributed by atoms with E-state index >= 15 is 0 Å². The minimum absolute atomic E-state index is 0.0334. The second kappa shape index (κ2) is 11.0. The van der Waals surface area contributed by atoms with Gasteiger partial charge in [0.2, 0.25) is 0 Å². The van der Waals surface area contributed by atoms with Gasteiger partial charge in [-0.25, -0.2) is 9.97 Å². The molecule has 4 atom stereocenters. The molecule has 2 aromatic heterocycles. The van der Waals surface area contributed by atoms with Gasteiger partial charge in [-0.3, -0.25) is 0 Å². The van der Waals surface area contributed by atoms with Crippen molar-refractivity contribution < 1.29 is 13.9 Å². The van der Waals surface area contributed by atoms with E-state index in [-0.39, 0.29) is 27.9 Å². The van der Waals surface area contributed by atoms with E-state index in [1.54, 1.807) is 0 Å². The second-order valence-corrected chi connectivity index (χ2v) is 19.2. The molecule has 7 rings (SSSR count). The predicted molar refractivity (Wildman–Crippen MR) is 179 cm³/mol. The number of hydrogen-bond donors (Lipinski definition) is 1. The van der Waals surface area contributed by atoms with Crippen LogP contribution < -0.4 is 16.1 Å². The molecule has 1 aliphatic carbocycles. The Balaban J connectivity index is 1.27. The molecule has 2 saturated heterocycles. The van der Waals surface area contributed by atoms with E-state index in [4.69, 9.17) is 24.6 Å². The van der Waals surface area contributed by atoms with Crippen LogP contribution in [0.15, 0.2) is 73.2 Å². The van der Waals surface area contributed by atoms with Gasteiger partial charge in [0.1, 0.15) is 35.4 Å². The number of fused-ring (bicyclic) bond motifs is 2. The van der Waals surface area contributed by atoms with E-state index in [0.29, 0.717) is 18.3 Å². The van der Waals surface area contributed by atoms with E-state index in [0.717, 1.165) is 29.4 Å². The lowest BCUT2D eigenvalue weighted by atomic mass is 10.1. The van der Waals surface area contributed by atoms with Crippen LogP contribution in [-0.4, -0.2) is 52.7 Å². The molecule has 2 aromatic carbocycles. The van der Waals surface area contributed by atoms with Gasteiger partial charge < -0.3 is 24.2 Å². The molecule has 4 aromatic rings.